The lowest BCUT2D eigenvalue weighted by Crippen LogP contribution is -1.99. The molecule has 1 aliphatic rings. The summed E-state index contributed by atoms with van der Waals surface area (Å²) in [6, 6.07) is 16.7. The van der Waals surface area contributed by atoms with E-state index in [0.29, 0.717) is 0 Å². The highest BCUT2D eigenvalue weighted by molar-refractivity contribution is 5.88. The topological polar surface area (TPSA) is 55.6 Å². The molecule has 26 heavy (non-hydrogen) atoms. The Labute approximate surface area is 151 Å². The van der Waals surface area contributed by atoms with Gasteiger partial charge in [0.1, 0.15) is 5.69 Å². The van der Waals surface area contributed by atoms with Crippen LogP contribution in [-0.4, -0.2) is 26.1 Å². The molecule has 0 fully saturated rings. The Bertz CT molecular complexity index is 1140. The van der Waals surface area contributed by atoms with Crippen molar-refractivity contribution in [2.45, 2.75) is 20.4 Å². The summed E-state index contributed by atoms with van der Waals surface area (Å²) in [5, 5.41) is 4.51. The smallest absolute Gasteiger partial charge is 0.204 e. The molecule has 128 valence electrons. The number of aromatic nitrogens is 4. The number of benzene rings is 1. The van der Waals surface area contributed by atoms with Crippen molar-refractivity contribution in [3.8, 4) is 22.6 Å². The molecular weight excluding hydrogens is 322 g/mol. The summed E-state index contributed by atoms with van der Waals surface area (Å²) in [4.78, 5) is 14.2. The maximum atomic E-state index is 4.85. The second-order valence-corrected chi connectivity index (χ2v) is 6.74. The monoisotopic (exact) mass is 341 g/mol. The predicted molar refractivity (Wildman–Crippen MR) is 104 cm³/mol. The highest BCUT2D eigenvalue weighted by Crippen LogP contribution is 2.36. The minimum atomic E-state index is 0.908. The lowest BCUT2D eigenvalue weighted by atomic mass is 10.0. The van der Waals surface area contributed by atoms with E-state index >= 15 is 0 Å². The van der Waals surface area contributed by atoms with Crippen molar-refractivity contribution >= 4 is 16.9 Å². The van der Waals surface area contributed by atoms with Gasteiger partial charge in [-0.05, 0) is 44.2 Å². The molecule has 0 amide bonds. The Hall–Kier alpha value is -3.21. The number of rotatable bonds is 2. The minimum absolute atomic E-state index is 0.908. The van der Waals surface area contributed by atoms with Crippen LogP contribution >= 0.6 is 0 Å². The molecule has 0 aliphatic carbocycles. The van der Waals surface area contributed by atoms with Crippen LogP contribution in [0.1, 0.15) is 11.4 Å². The molecule has 0 unspecified atom stereocenters. The van der Waals surface area contributed by atoms with Gasteiger partial charge in [0.2, 0.25) is 5.95 Å². The first-order valence-electron chi connectivity index (χ1n) is 8.85. The van der Waals surface area contributed by atoms with Gasteiger partial charge in [0.25, 0.3) is 0 Å². The third-order valence-electron chi connectivity index (χ3n) is 4.82. The van der Waals surface area contributed by atoms with E-state index in [4.69, 9.17) is 9.97 Å². The standard InChI is InChI=1S/C21H19N5/c1-13-4-3-5-18(24-13)19-20(26-11-10-22-21(26)25-19)16-8-9-17-15(12-16)7-6-14(2)23-17/h3-9,12H,10-11H2,1-2H3,(H,22,25). The summed E-state index contributed by atoms with van der Waals surface area (Å²) in [7, 11) is 0. The van der Waals surface area contributed by atoms with Crippen LogP contribution in [0.25, 0.3) is 33.5 Å². The van der Waals surface area contributed by atoms with Crippen LogP contribution in [0.15, 0.2) is 48.5 Å². The van der Waals surface area contributed by atoms with E-state index in [2.05, 4.69) is 45.2 Å². The maximum absolute atomic E-state index is 4.85. The average Bonchev–Trinajstić information content (AvgIpc) is 3.22. The summed E-state index contributed by atoms with van der Waals surface area (Å²) in [6.07, 6.45) is 0. The van der Waals surface area contributed by atoms with Crippen molar-refractivity contribution in [3.05, 3.63) is 59.9 Å². The van der Waals surface area contributed by atoms with E-state index < -0.39 is 0 Å². The molecule has 1 aromatic carbocycles. The molecule has 3 aromatic heterocycles. The molecule has 1 N–H and O–H groups in total. The van der Waals surface area contributed by atoms with Crippen molar-refractivity contribution in [1.29, 1.82) is 0 Å². The number of fused-ring (bicyclic) bond motifs is 2. The molecular formula is C21H19N5. The summed E-state index contributed by atoms with van der Waals surface area (Å²) in [5.41, 5.74) is 7.14. The second kappa shape index (κ2) is 5.66. The summed E-state index contributed by atoms with van der Waals surface area (Å²) in [6.45, 7) is 5.85. The summed E-state index contributed by atoms with van der Waals surface area (Å²) in [5.74, 6) is 0.917. The third-order valence-corrected chi connectivity index (χ3v) is 4.82. The first kappa shape index (κ1) is 15.1. The van der Waals surface area contributed by atoms with Crippen LogP contribution in [0.3, 0.4) is 0 Å². The Morgan fingerprint density at radius 3 is 2.69 bits per heavy atom. The van der Waals surface area contributed by atoms with Crippen LogP contribution in [0, 0.1) is 13.8 Å². The number of nitrogens with one attached hydrogen (secondary N) is 1. The first-order valence-corrected chi connectivity index (χ1v) is 8.85. The molecule has 0 atom stereocenters. The molecule has 5 nitrogen and oxygen atoms in total. The highest BCUT2D eigenvalue weighted by atomic mass is 15.3. The van der Waals surface area contributed by atoms with Crippen LogP contribution in [0.2, 0.25) is 0 Å². The van der Waals surface area contributed by atoms with Gasteiger partial charge < -0.3 is 9.88 Å². The normalized spacial score (nSPS) is 13.0. The van der Waals surface area contributed by atoms with E-state index in [1.165, 1.54) is 0 Å². The molecule has 0 saturated heterocycles. The van der Waals surface area contributed by atoms with Crippen molar-refractivity contribution < 1.29 is 0 Å². The van der Waals surface area contributed by atoms with Crippen LogP contribution in [0.5, 0.6) is 0 Å². The SMILES string of the molecule is Cc1cccc(-c2nc3n(c2-c2ccc4nc(C)ccc4c2)CCN3)n1. The van der Waals surface area contributed by atoms with Crippen molar-refractivity contribution in [1.82, 2.24) is 19.5 Å². The van der Waals surface area contributed by atoms with E-state index in [0.717, 1.165) is 64.0 Å². The van der Waals surface area contributed by atoms with Crippen molar-refractivity contribution in [2.24, 2.45) is 0 Å². The molecule has 4 heterocycles. The first-order chi connectivity index (χ1) is 12.7. The number of imidazole rings is 1. The maximum Gasteiger partial charge on any atom is 0.204 e. The fourth-order valence-electron chi connectivity index (χ4n) is 3.61. The fourth-order valence-corrected chi connectivity index (χ4v) is 3.61. The number of pyridine rings is 2. The van der Waals surface area contributed by atoms with Gasteiger partial charge in [-0.3, -0.25) is 9.97 Å². The number of hydrogen-bond donors (Lipinski definition) is 1. The molecule has 1 aliphatic heterocycles. The predicted octanol–water partition coefficient (Wildman–Crippen LogP) is 4.20. The average molecular weight is 341 g/mol. The van der Waals surface area contributed by atoms with Gasteiger partial charge in [0.15, 0.2) is 0 Å². The lowest BCUT2D eigenvalue weighted by Gasteiger charge is -2.09. The molecule has 4 aromatic rings. The Morgan fingerprint density at radius 2 is 1.81 bits per heavy atom. The number of hydrogen-bond acceptors (Lipinski definition) is 4. The van der Waals surface area contributed by atoms with Gasteiger partial charge in [-0.2, -0.15) is 0 Å². The molecule has 5 rings (SSSR count). The van der Waals surface area contributed by atoms with Gasteiger partial charge in [-0.25, -0.2) is 4.98 Å². The van der Waals surface area contributed by atoms with E-state index in [9.17, 15) is 0 Å². The highest BCUT2D eigenvalue weighted by Gasteiger charge is 2.23. The zero-order valence-corrected chi connectivity index (χ0v) is 14.8. The van der Waals surface area contributed by atoms with Crippen LogP contribution in [-0.2, 0) is 6.54 Å². The Morgan fingerprint density at radius 1 is 0.923 bits per heavy atom. The molecule has 0 saturated carbocycles. The van der Waals surface area contributed by atoms with Crippen LogP contribution < -0.4 is 5.32 Å². The number of aryl methyl sites for hydroxylation is 2. The molecule has 0 bridgehead atoms. The zero-order valence-electron chi connectivity index (χ0n) is 14.8. The molecule has 0 radical (unpaired) electrons. The van der Waals surface area contributed by atoms with Gasteiger partial charge >= 0.3 is 0 Å². The van der Waals surface area contributed by atoms with Gasteiger partial charge in [0.05, 0.1) is 16.9 Å². The molecule has 0 spiro atoms. The lowest BCUT2D eigenvalue weighted by molar-refractivity contribution is 0.817. The number of nitrogens with zero attached hydrogens (tertiary/aromatic N) is 4. The largest absolute Gasteiger partial charge is 0.354 e. The Kier molecular flexibility index (Phi) is 3.28. The summed E-state index contributed by atoms with van der Waals surface area (Å²) >= 11 is 0. The van der Waals surface area contributed by atoms with E-state index in [1.54, 1.807) is 0 Å². The van der Waals surface area contributed by atoms with Gasteiger partial charge in [0, 0.05) is 35.4 Å². The van der Waals surface area contributed by atoms with E-state index in [-0.39, 0.29) is 0 Å². The fraction of sp³-hybridized carbons (Fsp3) is 0.190. The van der Waals surface area contributed by atoms with Crippen molar-refractivity contribution in [3.63, 3.8) is 0 Å². The Balaban J connectivity index is 1.75. The zero-order chi connectivity index (χ0) is 17.7. The van der Waals surface area contributed by atoms with Crippen LogP contribution in [0.4, 0.5) is 5.95 Å². The minimum Gasteiger partial charge on any atom is -0.354 e. The van der Waals surface area contributed by atoms with Crippen molar-refractivity contribution in [2.75, 3.05) is 11.9 Å². The number of anilines is 1. The van der Waals surface area contributed by atoms with E-state index in [1.807, 2.05) is 32.0 Å². The van der Waals surface area contributed by atoms with Gasteiger partial charge in [-0.15, -0.1) is 0 Å². The third kappa shape index (κ3) is 2.36. The summed E-state index contributed by atoms with van der Waals surface area (Å²) < 4.78 is 2.25. The molecule has 5 heteroatoms. The quantitative estimate of drug-likeness (QED) is 0.593. The second-order valence-electron chi connectivity index (χ2n) is 6.74. The van der Waals surface area contributed by atoms with Gasteiger partial charge in [-0.1, -0.05) is 18.2 Å².